The molecule has 4 aromatic rings. The number of ether oxygens (including phenoxy) is 1. The highest BCUT2D eigenvalue weighted by Crippen LogP contribution is 2.46. The summed E-state index contributed by atoms with van der Waals surface area (Å²) in [4.78, 5) is 39.4. The molecule has 3 aliphatic heterocycles. The van der Waals surface area contributed by atoms with E-state index in [9.17, 15) is 9.59 Å². The van der Waals surface area contributed by atoms with Crippen molar-refractivity contribution in [1.82, 2.24) is 19.8 Å². The maximum absolute atomic E-state index is 14.0. The van der Waals surface area contributed by atoms with Crippen LogP contribution >= 0.6 is 0 Å². The lowest BCUT2D eigenvalue weighted by atomic mass is 9.69. The van der Waals surface area contributed by atoms with Crippen LogP contribution in [0.2, 0.25) is 0 Å². The van der Waals surface area contributed by atoms with E-state index in [1.54, 1.807) is 0 Å². The van der Waals surface area contributed by atoms with E-state index in [0.29, 0.717) is 43.3 Å². The van der Waals surface area contributed by atoms with Crippen molar-refractivity contribution in [3.05, 3.63) is 83.9 Å². The highest BCUT2D eigenvalue weighted by Gasteiger charge is 2.50. The third-order valence-electron chi connectivity index (χ3n) is 10.8. The zero-order chi connectivity index (χ0) is 30.3. The minimum absolute atomic E-state index is 0.0409. The van der Waals surface area contributed by atoms with Crippen molar-refractivity contribution < 1.29 is 14.3 Å². The number of H-pyrrole nitrogens is 1. The van der Waals surface area contributed by atoms with Gasteiger partial charge in [-0.3, -0.25) is 15.0 Å². The molecule has 4 atom stereocenters. The molecule has 1 aromatic heterocycles. The van der Waals surface area contributed by atoms with Crippen molar-refractivity contribution in [2.24, 2.45) is 11.8 Å². The van der Waals surface area contributed by atoms with Gasteiger partial charge in [-0.05, 0) is 97.8 Å². The van der Waals surface area contributed by atoms with Gasteiger partial charge >= 0.3 is 6.09 Å². The number of carbonyl (C=O) groups excluding carboxylic acids is 2. The molecule has 0 unspecified atom stereocenters. The van der Waals surface area contributed by atoms with Gasteiger partial charge < -0.3 is 14.6 Å². The monoisotopic (exact) mass is 603 g/mol. The molecule has 4 heterocycles. The summed E-state index contributed by atoms with van der Waals surface area (Å²) in [7, 11) is 0. The highest BCUT2D eigenvalue weighted by atomic mass is 16.6. The van der Waals surface area contributed by atoms with E-state index >= 15 is 0 Å². The van der Waals surface area contributed by atoms with Crippen LogP contribution in [0.25, 0.3) is 22.2 Å². The van der Waals surface area contributed by atoms with Crippen LogP contribution in [0.5, 0.6) is 0 Å². The van der Waals surface area contributed by atoms with Crippen LogP contribution in [0.4, 0.5) is 10.7 Å². The normalized spacial score (nSPS) is 24.1. The number of nitrogens with one attached hydrogen (secondary N) is 2. The Balaban J connectivity index is 0.972. The number of para-hydroxylation sites is 2. The zero-order valence-corrected chi connectivity index (χ0v) is 25.7. The topological polar surface area (TPSA) is 90.6 Å². The van der Waals surface area contributed by atoms with Gasteiger partial charge in [0.15, 0.2) is 0 Å². The van der Waals surface area contributed by atoms with Crippen LogP contribution in [0.3, 0.4) is 0 Å². The molecule has 0 bridgehead atoms. The van der Waals surface area contributed by atoms with Gasteiger partial charge in [0.1, 0.15) is 6.61 Å². The summed E-state index contributed by atoms with van der Waals surface area (Å²) in [5.41, 5.74) is 6.66. The number of anilines is 1. The third-order valence-corrected chi connectivity index (χ3v) is 10.8. The zero-order valence-electron chi connectivity index (χ0n) is 25.7. The number of piperidine rings is 3. The summed E-state index contributed by atoms with van der Waals surface area (Å²) in [6.45, 7) is 3.40. The largest absolute Gasteiger partial charge is 0.448 e. The first kappa shape index (κ1) is 28.3. The Hall–Kier alpha value is -4.17. The third kappa shape index (κ3) is 5.29. The fourth-order valence-corrected chi connectivity index (χ4v) is 8.93. The van der Waals surface area contributed by atoms with E-state index in [1.807, 2.05) is 24.3 Å². The molecule has 1 aliphatic carbocycles. The van der Waals surface area contributed by atoms with Crippen LogP contribution in [0, 0.1) is 11.8 Å². The summed E-state index contributed by atoms with van der Waals surface area (Å²) in [5.74, 6) is 1.36. The summed E-state index contributed by atoms with van der Waals surface area (Å²) < 4.78 is 6.24. The van der Waals surface area contributed by atoms with Gasteiger partial charge in [0.2, 0.25) is 11.9 Å². The fourth-order valence-electron chi connectivity index (χ4n) is 8.93. The summed E-state index contributed by atoms with van der Waals surface area (Å²) in [6, 6.07) is 25.3. The van der Waals surface area contributed by atoms with E-state index < -0.39 is 0 Å². The highest BCUT2D eigenvalue weighted by molar-refractivity contribution is 5.91. The number of imidazole rings is 1. The Kier molecular flexibility index (Phi) is 7.53. The average molecular weight is 604 g/mol. The molecular weight excluding hydrogens is 562 g/mol. The number of likely N-dealkylation sites (tertiary alicyclic amines) is 1. The van der Waals surface area contributed by atoms with Gasteiger partial charge in [0.25, 0.3) is 0 Å². The molecule has 2 N–H and O–H groups in total. The molecule has 3 saturated heterocycles. The van der Waals surface area contributed by atoms with Crippen molar-refractivity contribution in [3.63, 3.8) is 0 Å². The van der Waals surface area contributed by atoms with Crippen LogP contribution < -0.4 is 5.32 Å². The van der Waals surface area contributed by atoms with Crippen molar-refractivity contribution in [1.29, 1.82) is 0 Å². The van der Waals surface area contributed by atoms with Crippen LogP contribution in [-0.4, -0.2) is 70.1 Å². The van der Waals surface area contributed by atoms with Crippen molar-refractivity contribution in [3.8, 4) is 11.1 Å². The van der Waals surface area contributed by atoms with Gasteiger partial charge in [0, 0.05) is 31.0 Å². The lowest BCUT2D eigenvalue weighted by molar-refractivity contribution is -0.116. The number of benzene rings is 3. The summed E-state index contributed by atoms with van der Waals surface area (Å²) >= 11 is 0. The maximum Gasteiger partial charge on any atom is 0.410 e. The fraction of sp³-hybridized carbons (Fsp3) is 0.432. The molecule has 8 nitrogen and oxygen atoms in total. The molecule has 232 valence electrons. The predicted molar refractivity (Wildman–Crippen MR) is 175 cm³/mol. The molecule has 4 aliphatic rings. The molecular formula is C37H41N5O3. The van der Waals surface area contributed by atoms with Gasteiger partial charge in [0.05, 0.1) is 11.0 Å². The summed E-state index contributed by atoms with van der Waals surface area (Å²) in [6.07, 6.45) is 6.33. The number of aromatic nitrogens is 2. The Morgan fingerprint density at radius 2 is 1.62 bits per heavy atom. The Labute approximate surface area is 264 Å². The maximum atomic E-state index is 14.0. The van der Waals surface area contributed by atoms with Crippen LogP contribution in [0.15, 0.2) is 72.8 Å². The van der Waals surface area contributed by atoms with Gasteiger partial charge in [-0.25, -0.2) is 9.78 Å². The summed E-state index contributed by atoms with van der Waals surface area (Å²) in [5, 5.41) is 2.94. The number of hydrogen-bond donors (Lipinski definition) is 2. The lowest BCUT2D eigenvalue weighted by Crippen LogP contribution is -2.65. The average Bonchev–Trinajstić information content (AvgIpc) is 3.63. The SMILES string of the molecule is O=C(CCC[C@@H]1[C@H]2CCCN3CCC[C@@H](CN1C(=O)OCC1c4ccccc4-c4ccccc41)[C@@H]23)Nc1nc2ccccc2[nH]1. The molecule has 0 spiro atoms. The van der Waals surface area contributed by atoms with E-state index in [2.05, 4.69) is 73.6 Å². The number of rotatable bonds is 7. The number of hydrogen-bond acceptors (Lipinski definition) is 5. The minimum atomic E-state index is -0.199. The van der Waals surface area contributed by atoms with Gasteiger partial charge in [-0.1, -0.05) is 60.7 Å². The molecule has 0 saturated carbocycles. The molecule has 8 rings (SSSR count). The second kappa shape index (κ2) is 12.0. The molecule has 0 radical (unpaired) electrons. The van der Waals surface area contributed by atoms with Crippen molar-refractivity contribution in [2.75, 3.05) is 31.6 Å². The predicted octanol–water partition coefficient (Wildman–Crippen LogP) is 6.80. The number of carbonyl (C=O) groups is 2. The van der Waals surface area contributed by atoms with E-state index in [-0.39, 0.29) is 24.0 Å². The molecule has 8 heteroatoms. The van der Waals surface area contributed by atoms with Crippen molar-refractivity contribution >= 4 is 29.0 Å². The first-order chi connectivity index (χ1) is 22.1. The van der Waals surface area contributed by atoms with E-state index in [4.69, 9.17) is 4.74 Å². The van der Waals surface area contributed by atoms with Crippen LogP contribution in [-0.2, 0) is 9.53 Å². The number of aromatic amines is 1. The van der Waals surface area contributed by atoms with Crippen molar-refractivity contribution in [2.45, 2.75) is 62.9 Å². The number of nitrogens with zero attached hydrogens (tertiary/aromatic N) is 3. The standard InChI is InChI=1S/C37H41N5O3/c43-34(40-36-38-31-16-5-6-17-32(31)39-36)19-7-18-33-29-15-9-21-41-20-8-10-24(35(29)41)22-42(33)37(44)45-23-30-27-13-3-1-11-25(27)26-12-2-4-14-28(26)30/h1-6,11-14,16-17,24,29-30,33,35H,7-10,15,18-23H2,(H2,38,39,40,43)/t24-,29+,33+,35-/m0/s1. The molecule has 45 heavy (non-hydrogen) atoms. The Bertz CT molecular complexity index is 1640. The molecule has 3 fully saturated rings. The molecule has 2 amide bonds. The minimum Gasteiger partial charge on any atom is -0.448 e. The van der Waals surface area contributed by atoms with Gasteiger partial charge in [-0.2, -0.15) is 0 Å². The van der Waals surface area contributed by atoms with Gasteiger partial charge in [-0.15, -0.1) is 0 Å². The second-order valence-electron chi connectivity index (χ2n) is 13.3. The Morgan fingerprint density at radius 1 is 0.911 bits per heavy atom. The quantitative estimate of drug-likeness (QED) is 0.243. The first-order valence-corrected chi connectivity index (χ1v) is 16.7. The smallest absolute Gasteiger partial charge is 0.410 e. The second-order valence-corrected chi connectivity index (χ2v) is 13.3. The van der Waals surface area contributed by atoms with E-state index in [0.717, 1.165) is 56.4 Å². The van der Waals surface area contributed by atoms with Crippen LogP contribution in [0.1, 0.15) is 62.0 Å². The lowest BCUT2D eigenvalue weighted by Gasteiger charge is -2.57. The number of fused-ring (bicyclic) bond motifs is 4. The Morgan fingerprint density at radius 3 is 2.40 bits per heavy atom. The first-order valence-electron chi connectivity index (χ1n) is 16.7. The van der Waals surface area contributed by atoms with E-state index in [1.165, 1.54) is 28.7 Å². The molecule has 3 aromatic carbocycles. The number of amides is 2.